The molecule has 146 valence electrons. The molecule has 9 nitrogen and oxygen atoms in total. The number of H-pyrrole nitrogens is 1. The van der Waals surface area contributed by atoms with Gasteiger partial charge in [-0.15, -0.1) is 11.3 Å². The molecule has 4 heterocycles. The van der Waals surface area contributed by atoms with Crippen LogP contribution >= 0.6 is 11.3 Å². The Morgan fingerprint density at radius 1 is 1.21 bits per heavy atom. The number of primary amides is 1. The van der Waals surface area contributed by atoms with Gasteiger partial charge in [0.05, 0.1) is 16.4 Å². The molecule has 4 N–H and O–H groups in total. The highest BCUT2D eigenvalue weighted by Crippen LogP contribution is 2.25. The molecule has 29 heavy (non-hydrogen) atoms. The van der Waals surface area contributed by atoms with Crippen LogP contribution in [0.3, 0.4) is 0 Å². The van der Waals surface area contributed by atoms with Crippen molar-refractivity contribution in [3.8, 4) is 5.82 Å². The van der Waals surface area contributed by atoms with Gasteiger partial charge in [0.25, 0.3) is 11.8 Å². The van der Waals surface area contributed by atoms with Gasteiger partial charge in [-0.3, -0.25) is 14.4 Å². The first-order valence-electron chi connectivity index (χ1n) is 8.68. The number of nitrogens with two attached hydrogens (primary N) is 1. The van der Waals surface area contributed by atoms with Crippen LogP contribution in [0.5, 0.6) is 0 Å². The average Bonchev–Trinajstić information content (AvgIpc) is 3.45. The fourth-order valence-electron chi connectivity index (χ4n) is 3.02. The van der Waals surface area contributed by atoms with Crippen LogP contribution in [0.15, 0.2) is 54.3 Å². The summed E-state index contributed by atoms with van der Waals surface area (Å²) in [5, 5.41) is 8.62. The first-order chi connectivity index (χ1) is 14.0. The Bertz CT molecular complexity index is 1190. The average molecular weight is 408 g/mol. The third kappa shape index (κ3) is 3.65. The highest BCUT2D eigenvalue weighted by Gasteiger charge is 2.28. The SMILES string of the molecule is NC(=O)C(=O)C(Cc1csc2cc[nH]c12)NC(=O)c1ccnn1-c1ccccn1. The lowest BCUT2D eigenvalue weighted by Crippen LogP contribution is -2.47. The van der Waals surface area contributed by atoms with E-state index in [1.165, 1.54) is 28.3 Å². The van der Waals surface area contributed by atoms with Crippen LogP contribution in [0, 0.1) is 0 Å². The molecule has 0 aliphatic heterocycles. The van der Waals surface area contributed by atoms with Crippen molar-refractivity contribution in [2.45, 2.75) is 12.5 Å². The fourth-order valence-corrected chi connectivity index (χ4v) is 3.96. The minimum atomic E-state index is -1.11. The van der Waals surface area contributed by atoms with Crippen LogP contribution in [0.25, 0.3) is 16.0 Å². The lowest BCUT2D eigenvalue weighted by Gasteiger charge is -2.16. The molecule has 0 aromatic carbocycles. The zero-order chi connectivity index (χ0) is 20.4. The number of hydrogen-bond acceptors (Lipinski definition) is 6. The number of rotatable bonds is 7. The number of aromatic nitrogens is 4. The molecule has 0 spiro atoms. The molecule has 4 aromatic rings. The molecule has 0 saturated heterocycles. The topological polar surface area (TPSA) is 136 Å². The van der Waals surface area contributed by atoms with Crippen molar-refractivity contribution >= 4 is 39.2 Å². The molecule has 0 radical (unpaired) electrons. The number of nitrogens with one attached hydrogen (secondary N) is 2. The summed E-state index contributed by atoms with van der Waals surface area (Å²) in [4.78, 5) is 44.0. The number of amides is 2. The fraction of sp³-hybridized carbons (Fsp3) is 0.105. The van der Waals surface area contributed by atoms with E-state index in [9.17, 15) is 14.4 Å². The highest BCUT2D eigenvalue weighted by molar-refractivity contribution is 7.17. The highest BCUT2D eigenvalue weighted by atomic mass is 32.1. The van der Waals surface area contributed by atoms with E-state index < -0.39 is 23.6 Å². The number of Topliss-reactive ketones (excluding diaryl/α,β-unsaturated/α-hetero) is 1. The smallest absolute Gasteiger partial charge is 0.287 e. The summed E-state index contributed by atoms with van der Waals surface area (Å²) >= 11 is 1.51. The van der Waals surface area contributed by atoms with Crippen molar-refractivity contribution in [1.29, 1.82) is 0 Å². The largest absolute Gasteiger partial charge is 0.363 e. The Hall–Kier alpha value is -3.79. The summed E-state index contributed by atoms with van der Waals surface area (Å²) in [5.41, 5.74) is 7.06. The number of carbonyl (C=O) groups is 3. The summed E-state index contributed by atoms with van der Waals surface area (Å²) in [6.07, 6.45) is 4.96. The lowest BCUT2D eigenvalue weighted by atomic mass is 10.0. The molecule has 4 aromatic heterocycles. The summed E-state index contributed by atoms with van der Waals surface area (Å²) in [6.45, 7) is 0. The van der Waals surface area contributed by atoms with Gasteiger partial charge in [0.15, 0.2) is 5.82 Å². The van der Waals surface area contributed by atoms with Crippen molar-refractivity contribution < 1.29 is 14.4 Å². The van der Waals surface area contributed by atoms with Crippen molar-refractivity contribution in [1.82, 2.24) is 25.1 Å². The van der Waals surface area contributed by atoms with E-state index in [1.54, 1.807) is 30.6 Å². The lowest BCUT2D eigenvalue weighted by molar-refractivity contribution is -0.137. The molecule has 0 saturated carbocycles. The molecule has 0 fully saturated rings. The van der Waals surface area contributed by atoms with Crippen LogP contribution < -0.4 is 11.1 Å². The van der Waals surface area contributed by atoms with E-state index in [0.29, 0.717) is 5.82 Å². The molecule has 10 heteroatoms. The van der Waals surface area contributed by atoms with Crippen LogP contribution in [0.1, 0.15) is 16.1 Å². The van der Waals surface area contributed by atoms with Crippen LogP contribution in [0.2, 0.25) is 0 Å². The van der Waals surface area contributed by atoms with Gasteiger partial charge in [-0.25, -0.2) is 9.67 Å². The molecule has 0 aliphatic carbocycles. The molecule has 0 bridgehead atoms. The van der Waals surface area contributed by atoms with E-state index >= 15 is 0 Å². The van der Waals surface area contributed by atoms with E-state index in [4.69, 9.17) is 5.73 Å². The van der Waals surface area contributed by atoms with Gasteiger partial charge < -0.3 is 16.0 Å². The Balaban J connectivity index is 1.61. The third-order valence-corrected chi connectivity index (χ3v) is 5.38. The standard InChI is InChI=1S/C19H16N6O3S/c20-18(27)17(26)12(9-11-10-29-14-5-7-22-16(11)14)24-19(28)13-4-8-23-25(13)15-3-1-2-6-21-15/h1-8,10,12,22H,9H2,(H2,20,27)(H,24,28). The van der Waals surface area contributed by atoms with Gasteiger partial charge in [-0.1, -0.05) is 6.07 Å². The van der Waals surface area contributed by atoms with Crippen molar-refractivity contribution in [2.75, 3.05) is 0 Å². The maximum Gasteiger partial charge on any atom is 0.287 e. The minimum Gasteiger partial charge on any atom is -0.363 e. The van der Waals surface area contributed by atoms with E-state index in [2.05, 4.69) is 20.4 Å². The Labute approximate surface area is 168 Å². The predicted molar refractivity (Wildman–Crippen MR) is 107 cm³/mol. The van der Waals surface area contributed by atoms with Gasteiger partial charge >= 0.3 is 0 Å². The van der Waals surface area contributed by atoms with E-state index in [1.807, 2.05) is 11.4 Å². The summed E-state index contributed by atoms with van der Waals surface area (Å²) in [5.74, 6) is -2.09. The number of pyridine rings is 1. The number of ketones is 1. The maximum atomic E-state index is 12.9. The quantitative estimate of drug-likeness (QED) is 0.395. The van der Waals surface area contributed by atoms with Crippen LogP contribution in [-0.2, 0) is 16.0 Å². The Kier molecular flexibility index (Phi) is 4.92. The first-order valence-corrected chi connectivity index (χ1v) is 9.56. The van der Waals surface area contributed by atoms with E-state index in [-0.39, 0.29) is 12.1 Å². The second-order valence-electron chi connectivity index (χ2n) is 6.25. The van der Waals surface area contributed by atoms with Crippen molar-refractivity contribution in [2.24, 2.45) is 5.73 Å². The van der Waals surface area contributed by atoms with Crippen molar-refractivity contribution in [3.05, 3.63) is 65.6 Å². The number of hydrogen-bond donors (Lipinski definition) is 3. The molecule has 1 unspecified atom stereocenters. The zero-order valence-electron chi connectivity index (χ0n) is 15.0. The van der Waals surface area contributed by atoms with E-state index in [0.717, 1.165) is 15.8 Å². The third-order valence-electron chi connectivity index (χ3n) is 4.39. The molecule has 2 amide bonds. The Morgan fingerprint density at radius 3 is 2.83 bits per heavy atom. The molecular weight excluding hydrogens is 392 g/mol. The zero-order valence-corrected chi connectivity index (χ0v) is 15.8. The summed E-state index contributed by atoms with van der Waals surface area (Å²) < 4.78 is 2.37. The van der Waals surface area contributed by atoms with Gasteiger partial charge in [0.1, 0.15) is 11.7 Å². The van der Waals surface area contributed by atoms with Gasteiger partial charge in [0.2, 0.25) is 5.78 Å². The normalized spacial score (nSPS) is 12.0. The minimum absolute atomic E-state index is 0.131. The number of nitrogens with zero attached hydrogens (tertiary/aromatic N) is 3. The molecule has 1 atom stereocenters. The summed E-state index contributed by atoms with van der Waals surface area (Å²) in [7, 11) is 0. The van der Waals surface area contributed by atoms with Crippen molar-refractivity contribution in [3.63, 3.8) is 0 Å². The predicted octanol–water partition coefficient (Wildman–Crippen LogP) is 1.21. The van der Waals surface area contributed by atoms with Gasteiger partial charge in [-0.2, -0.15) is 5.10 Å². The molecule has 0 aliphatic rings. The number of carbonyl (C=O) groups excluding carboxylic acids is 3. The number of fused-ring (bicyclic) bond motifs is 1. The molecular formula is C19H16N6O3S. The second-order valence-corrected chi connectivity index (χ2v) is 7.16. The number of aromatic amines is 1. The number of thiophene rings is 1. The van der Waals surface area contributed by atoms with Crippen LogP contribution in [-0.4, -0.2) is 43.4 Å². The van der Waals surface area contributed by atoms with Gasteiger partial charge in [-0.05, 0) is 35.2 Å². The summed E-state index contributed by atoms with van der Waals surface area (Å²) in [6, 6.07) is 7.53. The van der Waals surface area contributed by atoms with Crippen LogP contribution in [0.4, 0.5) is 0 Å². The maximum absolute atomic E-state index is 12.9. The monoisotopic (exact) mass is 408 g/mol. The second kappa shape index (κ2) is 7.68. The first kappa shape index (κ1) is 18.6. The molecule has 4 rings (SSSR count). The Morgan fingerprint density at radius 2 is 2.07 bits per heavy atom. The van der Waals surface area contributed by atoms with Gasteiger partial charge in [0, 0.05) is 18.8 Å².